The second kappa shape index (κ2) is 7.35. The van der Waals surface area contributed by atoms with E-state index in [9.17, 15) is 9.59 Å². The molecule has 2 aromatic carbocycles. The first kappa shape index (κ1) is 17.6. The van der Waals surface area contributed by atoms with Crippen molar-refractivity contribution < 1.29 is 18.7 Å². The average Bonchev–Trinajstić information content (AvgIpc) is 2.96. The van der Waals surface area contributed by atoms with Gasteiger partial charge < -0.3 is 19.2 Å². The molecule has 0 saturated carbocycles. The van der Waals surface area contributed by atoms with Crippen molar-refractivity contribution >= 4 is 17.0 Å². The minimum absolute atomic E-state index is 0.118. The normalized spacial score (nSPS) is 12.0. The number of amides is 1. The van der Waals surface area contributed by atoms with Gasteiger partial charge in [-0.1, -0.05) is 18.2 Å². The minimum Gasteiger partial charge on any atom is -0.493 e. The van der Waals surface area contributed by atoms with Crippen LogP contribution in [0.15, 0.2) is 51.7 Å². The van der Waals surface area contributed by atoms with Crippen LogP contribution < -0.4 is 20.5 Å². The van der Waals surface area contributed by atoms with Crippen LogP contribution in [0, 0.1) is 0 Å². The lowest BCUT2D eigenvalue weighted by Crippen LogP contribution is -2.32. The van der Waals surface area contributed by atoms with Crippen LogP contribution in [0.5, 0.6) is 11.5 Å². The highest BCUT2D eigenvalue weighted by atomic mass is 16.5. The lowest BCUT2D eigenvalue weighted by atomic mass is 10.1. The molecule has 0 aliphatic heterocycles. The Morgan fingerprint density at radius 1 is 1.15 bits per heavy atom. The maximum atomic E-state index is 12.4. The van der Waals surface area contributed by atoms with Crippen molar-refractivity contribution in [2.45, 2.75) is 19.5 Å². The number of para-hydroxylation sites is 2. The number of methoxy groups -OCH3 is 2. The molecular formula is C19H20N2O5. The van der Waals surface area contributed by atoms with Crippen molar-refractivity contribution in [2.75, 3.05) is 14.2 Å². The predicted molar refractivity (Wildman–Crippen MR) is 96.6 cm³/mol. The van der Waals surface area contributed by atoms with Crippen LogP contribution >= 0.6 is 0 Å². The van der Waals surface area contributed by atoms with Gasteiger partial charge in [0.05, 0.1) is 25.8 Å². The van der Waals surface area contributed by atoms with Gasteiger partial charge >= 0.3 is 5.76 Å². The number of ether oxygens (including phenoxy) is 2. The summed E-state index contributed by atoms with van der Waals surface area (Å²) in [5, 5.41) is 2.88. The van der Waals surface area contributed by atoms with E-state index in [0.29, 0.717) is 22.6 Å². The highest BCUT2D eigenvalue weighted by molar-refractivity contribution is 5.79. The monoisotopic (exact) mass is 356 g/mol. The molecule has 3 aromatic rings. The van der Waals surface area contributed by atoms with Gasteiger partial charge in [-0.3, -0.25) is 9.36 Å². The summed E-state index contributed by atoms with van der Waals surface area (Å²) in [5.74, 6) is 0.357. The lowest BCUT2D eigenvalue weighted by molar-refractivity contribution is -0.122. The molecule has 0 bridgehead atoms. The van der Waals surface area contributed by atoms with Gasteiger partial charge in [-0.15, -0.1) is 0 Å². The summed E-state index contributed by atoms with van der Waals surface area (Å²) in [6.07, 6.45) is 0. The van der Waals surface area contributed by atoms with Gasteiger partial charge in [-0.05, 0) is 36.8 Å². The van der Waals surface area contributed by atoms with E-state index in [2.05, 4.69) is 5.32 Å². The summed E-state index contributed by atoms with van der Waals surface area (Å²) in [6.45, 7) is 1.74. The molecule has 1 amide bonds. The molecule has 7 heteroatoms. The zero-order valence-electron chi connectivity index (χ0n) is 14.8. The van der Waals surface area contributed by atoms with Crippen LogP contribution in [0.3, 0.4) is 0 Å². The van der Waals surface area contributed by atoms with E-state index in [1.807, 2.05) is 19.1 Å². The fourth-order valence-electron chi connectivity index (χ4n) is 2.80. The minimum atomic E-state index is -0.555. The third kappa shape index (κ3) is 3.42. The van der Waals surface area contributed by atoms with E-state index < -0.39 is 5.76 Å². The molecule has 3 rings (SSSR count). The lowest BCUT2D eigenvalue weighted by Gasteiger charge is -2.16. The maximum absolute atomic E-state index is 12.4. The highest BCUT2D eigenvalue weighted by Crippen LogP contribution is 2.29. The van der Waals surface area contributed by atoms with Crippen molar-refractivity contribution in [2.24, 2.45) is 0 Å². The molecule has 1 atom stereocenters. The maximum Gasteiger partial charge on any atom is 0.420 e. The zero-order chi connectivity index (χ0) is 18.7. The van der Waals surface area contributed by atoms with Gasteiger partial charge in [-0.25, -0.2) is 4.79 Å². The van der Waals surface area contributed by atoms with Gasteiger partial charge in [0.15, 0.2) is 17.1 Å². The molecular weight excluding hydrogens is 336 g/mol. The fourth-order valence-corrected chi connectivity index (χ4v) is 2.80. The van der Waals surface area contributed by atoms with Gasteiger partial charge in [0.2, 0.25) is 5.91 Å². The number of carbonyl (C=O) groups is 1. The van der Waals surface area contributed by atoms with E-state index in [4.69, 9.17) is 13.9 Å². The number of hydrogen-bond donors (Lipinski definition) is 1. The van der Waals surface area contributed by atoms with Crippen molar-refractivity contribution in [1.82, 2.24) is 9.88 Å². The number of nitrogens with zero attached hydrogens (tertiary/aromatic N) is 1. The Bertz CT molecular complexity index is 989. The number of aromatic nitrogens is 1. The summed E-state index contributed by atoms with van der Waals surface area (Å²) in [7, 11) is 3.12. The molecule has 0 fully saturated rings. The van der Waals surface area contributed by atoms with Gasteiger partial charge in [-0.2, -0.15) is 0 Å². The number of benzene rings is 2. The molecule has 1 unspecified atom stereocenters. The molecule has 1 N–H and O–H groups in total. The van der Waals surface area contributed by atoms with Crippen molar-refractivity contribution in [3.8, 4) is 11.5 Å². The second-order valence-electron chi connectivity index (χ2n) is 5.83. The first-order valence-corrected chi connectivity index (χ1v) is 8.13. The van der Waals surface area contributed by atoms with Crippen molar-refractivity contribution in [3.63, 3.8) is 0 Å². The number of nitrogens with one attached hydrogen (secondary N) is 1. The van der Waals surface area contributed by atoms with E-state index in [1.165, 1.54) is 4.57 Å². The first-order chi connectivity index (χ1) is 12.5. The Kier molecular flexibility index (Phi) is 4.97. The quantitative estimate of drug-likeness (QED) is 0.734. The summed E-state index contributed by atoms with van der Waals surface area (Å²) in [6, 6.07) is 12.2. The topological polar surface area (TPSA) is 82.7 Å². The molecule has 0 radical (unpaired) electrons. The van der Waals surface area contributed by atoms with Gasteiger partial charge in [0, 0.05) is 0 Å². The number of hydrogen-bond acceptors (Lipinski definition) is 5. The third-order valence-electron chi connectivity index (χ3n) is 4.16. The molecule has 0 aliphatic rings. The number of fused-ring (bicyclic) bond motifs is 1. The molecule has 0 aliphatic carbocycles. The molecule has 136 valence electrons. The molecule has 7 nitrogen and oxygen atoms in total. The summed E-state index contributed by atoms with van der Waals surface area (Å²) < 4.78 is 17.0. The predicted octanol–water partition coefficient (Wildman–Crippen LogP) is 2.49. The molecule has 26 heavy (non-hydrogen) atoms. The van der Waals surface area contributed by atoms with E-state index in [1.54, 1.807) is 44.6 Å². The van der Waals surface area contributed by atoms with Gasteiger partial charge in [0.25, 0.3) is 0 Å². The standard InChI is InChI=1S/C19H20N2O5/c1-12(13-8-9-16(24-2)17(10-13)25-3)20-18(22)11-21-14-6-4-5-7-15(14)26-19(21)23/h4-10,12H,11H2,1-3H3,(H,20,22). The van der Waals surface area contributed by atoms with Gasteiger partial charge in [0.1, 0.15) is 6.54 Å². The van der Waals surface area contributed by atoms with Crippen LogP contribution in [0.2, 0.25) is 0 Å². The van der Waals surface area contributed by atoms with Crippen LogP contribution in [0.4, 0.5) is 0 Å². The Balaban J connectivity index is 1.75. The Morgan fingerprint density at radius 3 is 2.62 bits per heavy atom. The smallest absolute Gasteiger partial charge is 0.420 e. The Hall–Kier alpha value is -3.22. The molecule has 1 aromatic heterocycles. The van der Waals surface area contributed by atoms with Crippen LogP contribution in [0.1, 0.15) is 18.5 Å². The summed E-state index contributed by atoms with van der Waals surface area (Å²) >= 11 is 0. The molecule has 0 saturated heterocycles. The van der Waals surface area contributed by atoms with E-state index in [0.717, 1.165) is 5.56 Å². The van der Waals surface area contributed by atoms with Crippen molar-refractivity contribution in [3.05, 3.63) is 58.6 Å². The van der Waals surface area contributed by atoms with E-state index >= 15 is 0 Å². The largest absolute Gasteiger partial charge is 0.493 e. The van der Waals surface area contributed by atoms with E-state index in [-0.39, 0.29) is 18.5 Å². The van der Waals surface area contributed by atoms with Crippen LogP contribution in [0.25, 0.3) is 11.1 Å². The summed E-state index contributed by atoms with van der Waals surface area (Å²) in [4.78, 5) is 24.4. The average molecular weight is 356 g/mol. The Labute approximate surface area is 150 Å². The highest BCUT2D eigenvalue weighted by Gasteiger charge is 2.16. The number of carbonyl (C=O) groups excluding carboxylic acids is 1. The zero-order valence-corrected chi connectivity index (χ0v) is 14.8. The van der Waals surface area contributed by atoms with Crippen LogP contribution in [-0.4, -0.2) is 24.7 Å². The second-order valence-corrected chi connectivity index (χ2v) is 5.83. The van der Waals surface area contributed by atoms with Crippen molar-refractivity contribution in [1.29, 1.82) is 0 Å². The third-order valence-corrected chi connectivity index (χ3v) is 4.16. The number of rotatable bonds is 6. The molecule has 0 spiro atoms. The SMILES string of the molecule is COc1ccc(C(C)NC(=O)Cn2c(=O)oc3ccccc32)cc1OC. The first-order valence-electron chi connectivity index (χ1n) is 8.13. The Morgan fingerprint density at radius 2 is 1.88 bits per heavy atom. The fraction of sp³-hybridized carbons (Fsp3) is 0.263. The number of oxazole rings is 1. The summed E-state index contributed by atoms with van der Waals surface area (Å²) in [5.41, 5.74) is 1.91. The molecule has 1 heterocycles. The van der Waals surface area contributed by atoms with Crippen LogP contribution in [-0.2, 0) is 11.3 Å².